The molecule has 0 saturated heterocycles. The van der Waals surface area contributed by atoms with Crippen LogP contribution in [0.4, 0.5) is 18.9 Å². The number of esters is 1. The van der Waals surface area contributed by atoms with Crippen LogP contribution in [0.15, 0.2) is 107 Å². The maximum atomic E-state index is 14.0. The highest BCUT2D eigenvalue weighted by atomic mass is 32.2. The monoisotopic (exact) mass is 668 g/mol. The summed E-state index contributed by atoms with van der Waals surface area (Å²) in [6.07, 6.45) is -4.02. The zero-order chi connectivity index (χ0) is 32.9. The summed E-state index contributed by atoms with van der Waals surface area (Å²) in [4.78, 5) is 25.9. The number of anilines is 1. The summed E-state index contributed by atoms with van der Waals surface area (Å²) in [5.41, 5.74) is 1.84. The maximum absolute atomic E-state index is 14.0. The Kier molecular flexibility index (Phi) is 10.1. The number of thioether (sulfide) groups is 1. The van der Waals surface area contributed by atoms with Gasteiger partial charge in [0.25, 0.3) is 10.0 Å². The molecule has 46 heavy (non-hydrogen) atoms. The fourth-order valence-corrected chi connectivity index (χ4v) is 7.64. The number of rotatable bonds is 11. The molecule has 1 N–H and O–H groups in total. The molecule has 0 aromatic heterocycles. The third kappa shape index (κ3) is 7.56. The van der Waals surface area contributed by atoms with Gasteiger partial charge >= 0.3 is 12.1 Å². The largest absolute Gasteiger partial charge is 0.466 e. The van der Waals surface area contributed by atoms with Crippen molar-refractivity contribution in [3.8, 4) is 11.1 Å². The molecule has 0 spiro atoms. The molecule has 0 aliphatic carbocycles. The van der Waals surface area contributed by atoms with Crippen molar-refractivity contribution in [2.45, 2.75) is 48.3 Å². The Hall–Kier alpha value is -4.29. The van der Waals surface area contributed by atoms with Crippen molar-refractivity contribution >= 4 is 39.3 Å². The number of halogens is 3. The molecule has 0 radical (unpaired) electrons. The number of fused-ring (bicyclic) bond motifs is 1. The van der Waals surface area contributed by atoms with Crippen LogP contribution in [-0.2, 0) is 43.5 Å². The first kappa shape index (κ1) is 33.1. The molecular formula is C34H31F3N2O5S2. The van der Waals surface area contributed by atoms with Crippen LogP contribution in [0.2, 0.25) is 0 Å². The highest BCUT2D eigenvalue weighted by molar-refractivity contribution is 7.99. The Bertz CT molecular complexity index is 1810. The highest BCUT2D eigenvalue weighted by Gasteiger charge is 2.42. The van der Waals surface area contributed by atoms with E-state index in [0.717, 1.165) is 26.9 Å². The highest BCUT2D eigenvalue weighted by Crippen LogP contribution is 2.38. The number of ether oxygens (including phenoxy) is 1. The molecule has 1 amide bonds. The molecule has 1 atom stereocenters. The van der Waals surface area contributed by atoms with Gasteiger partial charge in [-0.25, -0.2) is 8.42 Å². The van der Waals surface area contributed by atoms with Crippen molar-refractivity contribution in [3.05, 3.63) is 114 Å². The van der Waals surface area contributed by atoms with Crippen molar-refractivity contribution in [2.75, 3.05) is 16.7 Å². The van der Waals surface area contributed by atoms with Crippen LogP contribution >= 0.6 is 11.8 Å². The lowest BCUT2D eigenvalue weighted by molar-refractivity contribution is -0.142. The molecule has 0 fully saturated rings. The summed E-state index contributed by atoms with van der Waals surface area (Å²) in [6, 6.07) is 23.8. The van der Waals surface area contributed by atoms with E-state index in [2.05, 4.69) is 5.32 Å². The van der Waals surface area contributed by atoms with Gasteiger partial charge in [-0.2, -0.15) is 13.2 Å². The molecule has 4 aromatic carbocycles. The van der Waals surface area contributed by atoms with Gasteiger partial charge in [0.2, 0.25) is 5.91 Å². The van der Waals surface area contributed by atoms with Crippen molar-refractivity contribution < 1.29 is 35.9 Å². The van der Waals surface area contributed by atoms with E-state index < -0.39 is 33.7 Å². The summed E-state index contributed by atoms with van der Waals surface area (Å²) in [5, 5.41) is 2.86. The third-order valence-electron chi connectivity index (χ3n) is 7.43. The van der Waals surface area contributed by atoms with Gasteiger partial charge in [0.15, 0.2) is 0 Å². The van der Waals surface area contributed by atoms with Crippen molar-refractivity contribution in [1.29, 1.82) is 0 Å². The molecular weight excluding hydrogens is 638 g/mol. The van der Waals surface area contributed by atoms with Crippen LogP contribution in [0.3, 0.4) is 0 Å². The number of carbonyl (C=O) groups excluding carboxylic acids is 2. The van der Waals surface area contributed by atoms with E-state index in [1.54, 1.807) is 31.2 Å². The molecule has 0 bridgehead atoms. The minimum absolute atomic E-state index is 0.0891. The average molecular weight is 669 g/mol. The fourth-order valence-electron chi connectivity index (χ4n) is 5.16. The van der Waals surface area contributed by atoms with Crippen LogP contribution in [0.1, 0.15) is 30.0 Å². The zero-order valence-electron chi connectivity index (χ0n) is 24.8. The van der Waals surface area contributed by atoms with E-state index in [1.807, 2.05) is 24.3 Å². The number of hydrogen-bond acceptors (Lipinski definition) is 6. The van der Waals surface area contributed by atoms with E-state index in [-0.39, 0.29) is 23.8 Å². The summed E-state index contributed by atoms with van der Waals surface area (Å²) in [5.74, 6) is -0.130. The van der Waals surface area contributed by atoms with Crippen LogP contribution in [-0.4, -0.2) is 38.7 Å². The normalized spacial score (nSPS) is 14.5. The lowest BCUT2D eigenvalue weighted by Gasteiger charge is -2.26. The minimum Gasteiger partial charge on any atom is -0.466 e. The van der Waals surface area contributed by atoms with Gasteiger partial charge in [-0.15, -0.1) is 11.8 Å². The van der Waals surface area contributed by atoms with Gasteiger partial charge in [0.05, 0.1) is 29.2 Å². The molecule has 7 nitrogen and oxygen atoms in total. The standard InChI is InChI=1S/C34H31F3N2O5S2/c1-2-44-32(40)18-19-45-28-14-10-23(11-15-28)22-38-33(41)31-21-26-6-3-4-9-30(26)39(31)46(42,43)29-16-12-24(13-17-29)25-7-5-8-27(20-25)34(35,36)37/h3-17,20,31H,2,18-19,21-22H2,1H3,(H,38,41)/t31-/m0/s1. The Morgan fingerprint density at radius 1 is 0.935 bits per heavy atom. The Labute approximate surface area is 269 Å². The topological polar surface area (TPSA) is 92.8 Å². The van der Waals surface area contributed by atoms with E-state index in [1.165, 1.54) is 48.2 Å². The average Bonchev–Trinajstić information content (AvgIpc) is 3.45. The van der Waals surface area contributed by atoms with Gasteiger partial charge in [-0.1, -0.05) is 54.6 Å². The summed E-state index contributed by atoms with van der Waals surface area (Å²) in [7, 11) is -4.23. The second-order valence-corrected chi connectivity index (χ2v) is 13.5. The molecule has 1 aliphatic rings. The first-order valence-corrected chi connectivity index (χ1v) is 16.9. The zero-order valence-corrected chi connectivity index (χ0v) is 26.4. The molecule has 4 aromatic rings. The third-order valence-corrected chi connectivity index (χ3v) is 10.3. The second kappa shape index (κ2) is 14.0. The van der Waals surface area contributed by atoms with Crippen molar-refractivity contribution in [3.63, 3.8) is 0 Å². The van der Waals surface area contributed by atoms with E-state index >= 15 is 0 Å². The van der Waals surface area contributed by atoms with E-state index in [0.29, 0.717) is 41.2 Å². The molecule has 240 valence electrons. The van der Waals surface area contributed by atoms with Gasteiger partial charge in [-0.3, -0.25) is 13.9 Å². The number of amides is 1. The quantitative estimate of drug-likeness (QED) is 0.139. The van der Waals surface area contributed by atoms with Gasteiger partial charge < -0.3 is 10.1 Å². The van der Waals surface area contributed by atoms with E-state index in [4.69, 9.17) is 4.74 Å². The van der Waals surface area contributed by atoms with Gasteiger partial charge in [0.1, 0.15) is 6.04 Å². The molecule has 0 unspecified atom stereocenters. The lowest BCUT2D eigenvalue weighted by Crippen LogP contribution is -2.47. The van der Waals surface area contributed by atoms with Gasteiger partial charge in [-0.05, 0) is 71.6 Å². The number of carbonyl (C=O) groups is 2. The first-order valence-electron chi connectivity index (χ1n) is 14.5. The Balaban J connectivity index is 1.29. The Morgan fingerprint density at radius 3 is 2.35 bits per heavy atom. The number of hydrogen-bond donors (Lipinski definition) is 1. The number of nitrogens with zero attached hydrogens (tertiary/aromatic N) is 1. The lowest BCUT2D eigenvalue weighted by atomic mass is 10.0. The molecule has 5 rings (SSSR count). The summed E-state index contributed by atoms with van der Waals surface area (Å²) in [6.45, 7) is 2.29. The predicted octanol–water partition coefficient (Wildman–Crippen LogP) is 6.85. The fraction of sp³-hybridized carbons (Fsp3) is 0.235. The number of sulfonamides is 1. The summed E-state index contributed by atoms with van der Waals surface area (Å²) < 4.78 is 73.7. The molecule has 1 heterocycles. The van der Waals surface area contributed by atoms with Gasteiger partial charge in [0, 0.05) is 23.6 Å². The number of para-hydroxylation sites is 1. The summed E-state index contributed by atoms with van der Waals surface area (Å²) >= 11 is 1.52. The Morgan fingerprint density at radius 2 is 1.65 bits per heavy atom. The first-order chi connectivity index (χ1) is 22.0. The van der Waals surface area contributed by atoms with Crippen molar-refractivity contribution in [2.24, 2.45) is 0 Å². The predicted molar refractivity (Wildman–Crippen MR) is 171 cm³/mol. The number of benzene rings is 4. The van der Waals surface area contributed by atoms with Crippen molar-refractivity contribution in [1.82, 2.24) is 5.32 Å². The van der Waals surface area contributed by atoms with Crippen LogP contribution < -0.4 is 9.62 Å². The SMILES string of the molecule is CCOC(=O)CCSc1ccc(CNC(=O)[C@@H]2Cc3ccccc3N2S(=O)(=O)c2ccc(-c3cccc(C(F)(F)F)c3)cc2)cc1. The van der Waals surface area contributed by atoms with Crippen LogP contribution in [0.5, 0.6) is 0 Å². The number of nitrogens with one attached hydrogen (secondary N) is 1. The minimum atomic E-state index is -4.51. The molecule has 1 aliphatic heterocycles. The molecule has 12 heteroatoms. The smallest absolute Gasteiger partial charge is 0.416 e. The second-order valence-electron chi connectivity index (χ2n) is 10.5. The maximum Gasteiger partial charge on any atom is 0.416 e. The molecule has 0 saturated carbocycles. The van der Waals surface area contributed by atoms with Crippen LogP contribution in [0.25, 0.3) is 11.1 Å². The number of alkyl halides is 3. The van der Waals surface area contributed by atoms with Crippen LogP contribution in [0, 0.1) is 0 Å². The van der Waals surface area contributed by atoms with E-state index in [9.17, 15) is 31.2 Å².